The van der Waals surface area contributed by atoms with E-state index in [-0.39, 0.29) is 4.90 Å². The fraction of sp³-hybridized carbons (Fsp3) is 0.111. The van der Waals surface area contributed by atoms with Crippen LogP contribution >= 0.6 is 23.1 Å². The van der Waals surface area contributed by atoms with Gasteiger partial charge in [-0.25, -0.2) is 13.6 Å². The topological polar surface area (TPSA) is 91.6 Å². The van der Waals surface area contributed by atoms with Crippen molar-refractivity contribution in [2.45, 2.75) is 16.7 Å². The molecule has 2 aromatic heterocycles. The number of carboxylic acid groups (broad SMARTS) is 1. The molecule has 10 heteroatoms. The van der Waals surface area contributed by atoms with E-state index in [4.69, 9.17) is 0 Å². The van der Waals surface area contributed by atoms with Gasteiger partial charge in [-0.3, -0.25) is 9.47 Å². The zero-order chi connectivity index (χ0) is 20.0. The highest BCUT2D eigenvalue weighted by Gasteiger charge is 2.30. The molecule has 3 heterocycles. The second-order valence-corrected chi connectivity index (χ2v) is 7.93. The van der Waals surface area contributed by atoms with Crippen LogP contribution in [0.25, 0.3) is 0 Å². The number of aromatic hydroxyl groups is 1. The van der Waals surface area contributed by atoms with Crippen molar-refractivity contribution in [2.24, 2.45) is 0 Å². The third-order valence-electron chi connectivity index (χ3n) is 4.35. The number of thiophene rings is 1. The predicted molar refractivity (Wildman–Crippen MR) is 101 cm³/mol. The lowest BCUT2D eigenvalue weighted by molar-refractivity contribution is 0.0681. The van der Waals surface area contributed by atoms with Crippen molar-refractivity contribution < 1.29 is 23.8 Å². The molecule has 0 spiro atoms. The summed E-state index contributed by atoms with van der Waals surface area (Å²) >= 11 is 2.54. The number of carboxylic acids is 1. The van der Waals surface area contributed by atoms with Crippen molar-refractivity contribution >= 4 is 29.1 Å². The number of hydrogen-bond donors (Lipinski definition) is 3. The number of aromatic carboxylic acids is 1. The van der Waals surface area contributed by atoms with Crippen molar-refractivity contribution in [2.75, 3.05) is 5.43 Å². The summed E-state index contributed by atoms with van der Waals surface area (Å²) in [5.74, 6) is -3.94. The van der Waals surface area contributed by atoms with Gasteiger partial charge in [0.05, 0.1) is 4.90 Å². The molecule has 1 atom stereocenters. The van der Waals surface area contributed by atoms with Crippen LogP contribution in [0.5, 0.6) is 5.75 Å². The van der Waals surface area contributed by atoms with Crippen molar-refractivity contribution in [1.29, 1.82) is 0 Å². The van der Waals surface area contributed by atoms with Gasteiger partial charge in [0.1, 0.15) is 6.04 Å². The minimum absolute atomic E-state index is 0.128. The first-order valence-corrected chi connectivity index (χ1v) is 9.86. The molecule has 0 saturated carbocycles. The highest BCUT2D eigenvalue weighted by atomic mass is 32.2. The molecule has 0 radical (unpaired) electrons. The quantitative estimate of drug-likeness (QED) is 0.598. The number of pyridine rings is 1. The summed E-state index contributed by atoms with van der Waals surface area (Å²) in [4.78, 5) is 24.1. The van der Waals surface area contributed by atoms with Gasteiger partial charge in [-0.15, -0.1) is 23.1 Å². The fourth-order valence-electron chi connectivity index (χ4n) is 3.04. The normalized spacial score (nSPS) is 15.4. The van der Waals surface area contributed by atoms with E-state index < -0.39 is 40.5 Å². The fourth-order valence-corrected chi connectivity index (χ4v) is 5.24. The van der Waals surface area contributed by atoms with E-state index >= 15 is 0 Å². The number of benzene rings is 1. The van der Waals surface area contributed by atoms with Crippen LogP contribution in [0.4, 0.5) is 8.78 Å². The van der Waals surface area contributed by atoms with Crippen LogP contribution in [0.15, 0.2) is 45.5 Å². The van der Waals surface area contributed by atoms with E-state index in [1.807, 2.05) is 11.4 Å². The van der Waals surface area contributed by atoms with E-state index in [9.17, 15) is 28.6 Å². The Bertz CT molecular complexity index is 1160. The molecule has 0 aliphatic carbocycles. The predicted octanol–water partition coefficient (Wildman–Crippen LogP) is 3.53. The van der Waals surface area contributed by atoms with Gasteiger partial charge in [0, 0.05) is 22.9 Å². The van der Waals surface area contributed by atoms with Crippen molar-refractivity contribution in [3.63, 3.8) is 0 Å². The average Bonchev–Trinajstić information content (AvgIpc) is 3.06. The Morgan fingerprint density at radius 2 is 2.04 bits per heavy atom. The zero-order valence-electron chi connectivity index (χ0n) is 14.0. The molecule has 4 rings (SSSR count). The lowest BCUT2D eigenvalue weighted by Gasteiger charge is -2.24. The van der Waals surface area contributed by atoms with Gasteiger partial charge in [-0.05, 0) is 28.6 Å². The van der Waals surface area contributed by atoms with Gasteiger partial charge in [0.2, 0.25) is 5.43 Å². The van der Waals surface area contributed by atoms with Crippen molar-refractivity contribution in [3.05, 3.63) is 79.4 Å². The molecule has 0 bridgehead atoms. The lowest BCUT2D eigenvalue weighted by Crippen LogP contribution is -2.28. The maximum Gasteiger partial charge on any atom is 0.358 e. The standard InChI is InChI=1S/C18H12F2N2O4S2/c19-10-2-1-9-13(16-8(4-6-27-16)7-28-17(9)12(10)20)21-22-5-3-11(23)15(24)14(22)18(25)26/h1-6,13,21,24H,7H2,(H,25,26). The van der Waals surface area contributed by atoms with E-state index in [1.165, 1.54) is 23.6 Å². The Kier molecular flexibility index (Phi) is 4.60. The molecule has 0 saturated heterocycles. The van der Waals surface area contributed by atoms with Gasteiger partial charge in [0.25, 0.3) is 0 Å². The average molecular weight is 422 g/mol. The maximum atomic E-state index is 14.4. The minimum Gasteiger partial charge on any atom is -0.502 e. The molecule has 28 heavy (non-hydrogen) atoms. The molecule has 1 aromatic carbocycles. The molecule has 144 valence electrons. The molecule has 1 aliphatic rings. The highest BCUT2D eigenvalue weighted by molar-refractivity contribution is 7.98. The van der Waals surface area contributed by atoms with E-state index in [0.29, 0.717) is 11.3 Å². The van der Waals surface area contributed by atoms with Gasteiger partial charge in [0.15, 0.2) is 23.1 Å². The van der Waals surface area contributed by atoms with E-state index in [1.54, 1.807) is 0 Å². The van der Waals surface area contributed by atoms with Crippen LogP contribution in [-0.2, 0) is 5.75 Å². The van der Waals surface area contributed by atoms with Gasteiger partial charge in [-0.2, -0.15) is 0 Å². The second kappa shape index (κ2) is 6.95. The number of fused-ring (bicyclic) bond motifs is 2. The Labute approximate surface area is 165 Å². The summed E-state index contributed by atoms with van der Waals surface area (Å²) in [5.41, 5.74) is 2.77. The van der Waals surface area contributed by atoms with Crippen LogP contribution in [0, 0.1) is 11.6 Å². The third-order valence-corrected chi connectivity index (χ3v) is 6.53. The molecular weight excluding hydrogens is 410 g/mol. The van der Waals surface area contributed by atoms with E-state index in [2.05, 4.69) is 5.43 Å². The summed E-state index contributed by atoms with van der Waals surface area (Å²) in [7, 11) is 0. The Hall–Kier alpha value is -2.85. The second-order valence-electron chi connectivity index (χ2n) is 5.99. The lowest BCUT2D eigenvalue weighted by atomic mass is 10.0. The van der Waals surface area contributed by atoms with E-state index in [0.717, 1.165) is 39.0 Å². The molecule has 3 N–H and O–H groups in total. The molecule has 0 fully saturated rings. The largest absolute Gasteiger partial charge is 0.502 e. The Balaban J connectivity index is 1.90. The minimum atomic E-state index is -1.51. The summed E-state index contributed by atoms with van der Waals surface area (Å²) < 4.78 is 29.2. The summed E-state index contributed by atoms with van der Waals surface area (Å²) in [5, 5.41) is 21.2. The van der Waals surface area contributed by atoms with Crippen LogP contribution < -0.4 is 10.9 Å². The van der Waals surface area contributed by atoms with Crippen LogP contribution in [0.2, 0.25) is 0 Å². The number of rotatable bonds is 3. The first-order valence-electron chi connectivity index (χ1n) is 8.00. The molecule has 1 unspecified atom stereocenters. The van der Waals surface area contributed by atoms with Crippen molar-refractivity contribution in [3.8, 4) is 5.75 Å². The SMILES string of the molecule is O=C(O)c1c(O)c(=O)ccn1NC1c2ccc(F)c(F)c2SCc2ccsc21. The highest BCUT2D eigenvalue weighted by Crippen LogP contribution is 2.43. The number of carbonyl (C=O) groups is 1. The smallest absolute Gasteiger partial charge is 0.358 e. The van der Waals surface area contributed by atoms with Gasteiger partial charge < -0.3 is 15.6 Å². The molecule has 3 aromatic rings. The first kappa shape index (κ1) is 18.5. The summed E-state index contributed by atoms with van der Waals surface area (Å²) in [6.45, 7) is 0. The molecule has 1 aliphatic heterocycles. The number of nitrogens with zero attached hydrogens (tertiary/aromatic N) is 1. The monoisotopic (exact) mass is 422 g/mol. The Morgan fingerprint density at radius 1 is 1.25 bits per heavy atom. The number of thioether (sulfide) groups is 1. The summed E-state index contributed by atoms with van der Waals surface area (Å²) in [6, 6.07) is 4.62. The van der Waals surface area contributed by atoms with Crippen LogP contribution in [0.3, 0.4) is 0 Å². The number of halogens is 2. The molecular formula is C18H12F2N2O4S2. The summed E-state index contributed by atoms with van der Waals surface area (Å²) in [6.07, 6.45) is 1.18. The molecule has 0 amide bonds. The van der Waals surface area contributed by atoms with Crippen LogP contribution in [0.1, 0.15) is 32.5 Å². The maximum absolute atomic E-state index is 14.4. The molecule has 6 nitrogen and oxygen atoms in total. The van der Waals surface area contributed by atoms with Gasteiger partial charge in [-0.1, -0.05) is 6.07 Å². The van der Waals surface area contributed by atoms with Crippen molar-refractivity contribution in [1.82, 2.24) is 4.68 Å². The number of hydrogen-bond acceptors (Lipinski definition) is 6. The number of nitrogens with one attached hydrogen (secondary N) is 1. The first-order chi connectivity index (χ1) is 13.4. The third kappa shape index (κ3) is 2.94. The zero-order valence-corrected chi connectivity index (χ0v) is 15.6. The Morgan fingerprint density at radius 3 is 2.79 bits per heavy atom. The van der Waals surface area contributed by atoms with Gasteiger partial charge >= 0.3 is 5.97 Å². The van der Waals surface area contributed by atoms with Crippen LogP contribution in [-0.4, -0.2) is 20.9 Å². The number of aromatic nitrogens is 1.